The van der Waals surface area contributed by atoms with Crippen LogP contribution in [0, 0.1) is 0 Å². The fourth-order valence-electron chi connectivity index (χ4n) is 3.19. The molecule has 144 valence electrons. The highest BCUT2D eigenvalue weighted by atomic mass is 16.1. The van der Waals surface area contributed by atoms with Crippen LogP contribution in [0.15, 0.2) is 42.6 Å². The number of hydrogen-bond acceptors (Lipinski definition) is 5. The topological polar surface area (TPSA) is 60.5 Å². The smallest absolute Gasteiger partial charge is 0.255 e. The highest BCUT2D eigenvalue weighted by Gasteiger charge is 2.11. The number of aromatic nitrogens is 1. The van der Waals surface area contributed by atoms with Crippen molar-refractivity contribution in [2.45, 2.75) is 19.3 Å². The fraction of sp³-hybridized carbons (Fsp3) is 0.429. The summed E-state index contributed by atoms with van der Waals surface area (Å²) in [7, 11) is 4.05. The van der Waals surface area contributed by atoms with Crippen molar-refractivity contribution in [2.75, 3.05) is 55.8 Å². The Morgan fingerprint density at radius 2 is 1.85 bits per heavy atom. The Morgan fingerprint density at radius 3 is 2.56 bits per heavy atom. The minimum absolute atomic E-state index is 0.126. The summed E-state index contributed by atoms with van der Waals surface area (Å²) < 4.78 is 0. The van der Waals surface area contributed by atoms with E-state index >= 15 is 0 Å². The molecule has 2 aromatic rings. The van der Waals surface area contributed by atoms with Crippen molar-refractivity contribution in [3.63, 3.8) is 0 Å². The van der Waals surface area contributed by atoms with Crippen LogP contribution in [0.5, 0.6) is 0 Å². The molecule has 27 heavy (non-hydrogen) atoms. The Balaban J connectivity index is 1.58. The average molecular weight is 367 g/mol. The lowest BCUT2D eigenvalue weighted by molar-refractivity contribution is 0.102. The van der Waals surface area contributed by atoms with E-state index in [4.69, 9.17) is 0 Å². The number of likely N-dealkylation sites (N-methyl/N-ethyl adjacent to an activating group) is 1. The van der Waals surface area contributed by atoms with E-state index in [-0.39, 0.29) is 5.91 Å². The number of nitrogens with zero attached hydrogens (tertiary/aromatic N) is 3. The molecule has 0 radical (unpaired) electrons. The van der Waals surface area contributed by atoms with Crippen LogP contribution in [0.2, 0.25) is 0 Å². The molecule has 0 bridgehead atoms. The summed E-state index contributed by atoms with van der Waals surface area (Å²) in [6, 6.07) is 11.6. The van der Waals surface area contributed by atoms with Crippen molar-refractivity contribution < 1.29 is 4.79 Å². The number of nitrogens with one attached hydrogen (secondary N) is 2. The average Bonchev–Trinajstić information content (AvgIpc) is 2.69. The van der Waals surface area contributed by atoms with Crippen LogP contribution in [-0.2, 0) is 0 Å². The first-order valence-electron chi connectivity index (χ1n) is 9.63. The summed E-state index contributed by atoms with van der Waals surface area (Å²) >= 11 is 0. The van der Waals surface area contributed by atoms with Gasteiger partial charge in [0.25, 0.3) is 5.91 Å². The molecule has 1 saturated heterocycles. The number of carbonyl (C=O) groups excluding carboxylic acids is 1. The predicted molar refractivity (Wildman–Crippen MR) is 112 cm³/mol. The minimum Gasteiger partial charge on any atom is -0.372 e. The monoisotopic (exact) mass is 367 g/mol. The largest absolute Gasteiger partial charge is 0.372 e. The number of pyridine rings is 1. The molecule has 1 aromatic heterocycles. The van der Waals surface area contributed by atoms with E-state index in [0.29, 0.717) is 11.4 Å². The van der Waals surface area contributed by atoms with E-state index in [9.17, 15) is 4.79 Å². The highest BCUT2D eigenvalue weighted by Crippen LogP contribution is 2.22. The third kappa shape index (κ3) is 5.69. The second-order valence-corrected chi connectivity index (χ2v) is 7.21. The molecule has 2 heterocycles. The number of piperidine rings is 1. The van der Waals surface area contributed by atoms with E-state index < -0.39 is 0 Å². The Hall–Kier alpha value is -2.60. The maximum absolute atomic E-state index is 12.5. The lowest BCUT2D eigenvalue weighted by atomic mass is 10.1. The molecule has 0 spiro atoms. The molecule has 1 fully saturated rings. The molecule has 1 aromatic carbocycles. The van der Waals surface area contributed by atoms with Gasteiger partial charge >= 0.3 is 0 Å². The molecule has 0 unspecified atom stereocenters. The first-order chi connectivity index (χ1) is 13.1. The summed E-state index contributed by atoms with van der Waals surface area (Å²) in [6.45, 7) is 3.92. The predicted octanol–water partition coefficient (Wildman–Crippen LogP) is 3.30. The number of rotatable bonds is 7. The Morgan fingerprint density at radius 1 is 1.11 bits per heavy atom. The fourth-order valence-corrected chi connectivity index (χ4v) is 3.19. The van der Waals surface area contributed by atoms with Gasteiger partial charge in [-0.2, -0.15) is 0 Å². The molecule has 6 heteroatoms. The van der Waals surface area contributed by atoms with Gasteiger partial charge in [0.15, 0.2) is 0 Å². The van der Waals surface area contributed by atoms with Gasteiger partial charge in [-0.1, -0.05) is 0 Å². The van der Waals surface area contributed by atoms with Gasteiger partial charge in [0, 0.05) is 49.3 Å². The normalized spacial score (nSPS) is 14.3. The summed E-state index contributed by atoms with van der Waals surface area (Å²) in [5.41, 5.74) is 2.63. The standard InChI is InChI=1S/C21H29N5O/c1-25(2)15-12-23-20-16-17(10-11-22-20)21(27)24-18-6-8-19(9-7-18)26-13-4-3-5-14-26/h6-11,16H,3-5,12-15H2,1-2H3,(H,22,23)(H,24,27). The molecule has 0 atom stereocenters. The van der Waals surface area contributed by atoms with E-state index in [1.807, 2.05) is 26.2 Å². The van der Waals surface area contributed by atoms with E-state index in [1.54, 1.807) is 18.3 Å². The highest BCUT2D eigenvalue weighted by molar-refractivity contribution is 6.04. The first kappa shape index (κ1) is 19.2. The maximum atomic E-state index is 12.5. The van der Waals surface area contributed by atoms with Gasteiger partial charge in [-0.25, -0.2) is 4.98 Å². The second kappa shape index (κ2) is 9.37. The van der Waals surface area contributed by atoms with Gasteiger partial charge in [0.05, 0.1) is 0 Å². The first-order valence-corrected chi connectivity index (χ1v) is 9.63. The summed E-state index contributed by atoms with van der Waals surface area (Å²) in [6.07, 6.45) is 5.49. The van der Waals surface area contributed by atoms with Gasteiger partial charge in [-0.3, -0.25) is 4.79 Å². The second-order valence-electron chi connectivity index (χ2n) is 7.21. The van der Waals surface area contributed by atoms with E-state index in [0.717, 1.165) is 31.9 Å². The molecule has 1 aliphatic rings. The molecular weight excluding hydrogens is 338 g/mol. The van der Waals surface area contributed by atoms with Crippen LogP contribution < -0.4 is 15.5 Å². The van der Waals surface area contributed by atoms with Crippen LogP contribution >= 0.6 is 0 Å². The Kier molecular flexibility index (Phi) is 6.65. The maximum Gasteiger partial charge on any atom is 0.255 e. The molecule has 0 saturated carbocycles. The molecule has 2 N–H and O–H groups in total. The van der Waals surface area contributed by atoms with Gasteiger partial charge in [0.2, 0.25) is 0 Å². The number of hydrogen-bond donors (Lipinski definition) is 2. The third-order valence-corrected chi connectivity index (χ3v) is 4.73. The van der Waals surface area contributed by atoms with Crippen LogP contribution in [0.4, 0.5) is 17.2 Å². The van der Waals surface area contributed by atoms with Crippen molar-refractivity contribution >= 4 is 23.1 Å². The lowest BCUT2D eigenvalue weighted by Gasteiger charge is -2.28. The number of benzene rings is 1. The molecule has 1 amide bonds. The Labute approximate surface area is 161 Å². The van der Waals surface area contributed by atoms with Crippen molar-refractivity contribution in [3.05, 3.63) is 48.2 Å². The van der Waals surface area contributed by atoms with Gasteiger partial charge in [-0.15, -0.1) is 0 Å². The summed E-state index contributed by atoms with van der Waals surface area (Å²) in [4.78, 5) is 21.3. The quantitative estimate of drug-likeness (QED) is 0.786. The van der Waals surface area contributed by atoms with Crippen LogP contribution in [-0.4, -0.2) is 56.1 Å². The van der Waals surface area contributed by atoms with Gasteiger partial charge in [-0.05, 0) is 69.8 Å². The zero-order chi connectivity index (χ0) is 19.1. The van der Waals surface area contributed by atoms with Crippen LogP contribution in [0.25, 0.3) is 0 Å². The van der Waals surface area contributed by atoms with E-state index in [2.05, 4.69) is 37.6 Å². The summed E-state index contributed by atoms with van der Waals surface area (Å²) in [5, 5.41) is 6.21. The van der Waals surface area contributed by atoms with Crippen molar-refractivity contribution in [1.82, 2.24) is 9.88 Å². The van der Waals surface area contributed by atoms with Crippen molar-refractivity contribution in [3.8, 4) is 0 Å². The minimum atomic E-state index is -0.126. The third-order valence-electron chi connectivity index (χ3n) is 4.73. The number of carbonyl (C=O) groups is 1. The summed E-state index contributed by atoms with van der Waals surface area (Å²) in [5.74, 6) is 0.587. The Bertz CT molecular complexity index is 738. The van der Waals surface area contributed by atoms with Gasteiger partial charge in [0.1, 0.15) is 5.82 Å². The number of amides is 1. The van der Waals surface area contributed by atoms with Crippen LogP contribution in [0.3, 0.4) is 0 Å². The van der Waals surface area contributed by atoms with Crippen molar-refractivity contribution in [1.29, 1.82) is 0 Å². The molecule has 6 nitrogen and oxygen atoms in total. The number of anilines is 3. The molecular formula is C21H29N5O. The lowest BCUT2D eigenvalue weighted by Crippen LogP contribution is -2.29. The SMILES string of the molecule is CN(C)CCNc1cc(C(=O)Nc2ccc(N3CCCCC3)cc2)ccn1. The zero-order valence-electron chi connectivity index (χ0n) is 16.2. The molecule has 0 aliphatic carbocycles. The zero-order valence-corrected chi connectivity index (χ0v) is 16.2. The van der Waals surface area contributed by atoms with E-state index in [1.165, 1.54) is 24.9 Å². The van der Waals surface area contributed by atoms with Crippen molar-refractivity contribution in [2.24, 2.45) is 0 Å². The van der Waals surface area contributed by atoms with Gasteiger partial charge < -0.3 is 20.4 Å². The molecule has 3 rings (SSSR count). The van der Waals surface area contributed by atoms with Crippen LogP contribution in [0.1, 0.15) is 29.6 Å². The molecule has 1 aliphatic heterocycles.